The summed E-state index contributed by atoms with van der Waals surface area (Å²) in [7, 11) is 0. The molecular weight excluding hydrogens is 196 g/mol. The van der Waals surface area contributed by atoms with Gasteiger partial charge in [0.1, 0.15) is 5.82 Å². The molecule has 1 aromatic heterocycles. The van der Waals surface area contributed by atoms with Crippen LogP contribution in [-0.4, -0.2) is 9.97 Å². The third-order valence-corrected chi connectivity index (χ3v) is 2.64. The fourth-order valence-electron chi connectivity index (χ4n) is 1.42. The van der Waals surface area contributed by atoms with Crippen molar-refractivity contribution in [2.75, 3.05) is 0 Å². The highest BCUT2D eigenvalue weighted by Gasteiger charge is 2.19. The maximum atomic E-state index is 4.68. The van der Waals surface area contributed by atoms with E-state index in [9.17, 15) is 0 Å². The summed E-state index contributed by atoms with van der Waals surface area (Å²) in [4.78, 5) is 9.31. The molecule has 0 aliphatic heterocycles. The summed E-state index contributed by atoms with van der Waals surface area (Å²) >= 11 is 0. The van der Waals surface area contributed by atoms with E-state index >= 15 is 0 Å². The molecule has 0 radical (unpaired) electrons. The predicted octanol–water partition coefficient (Wildman–Crippen LogP) is 4.02. The molecule has 0 aromatic carbocycles. The molecule has 0 aliphatic carbocycles. The normalized spacial score (nSPS) is 12.6. The van der Waals surface area contributed by atoms with Crippen LogP contribution in [0.5, 0.6) is 0 Å². The van der Waals surface area contributed by atoms with Gasteiger partial charge in [-0.1, -0.05) is 48.5 Å². The number of nitrogens with zero attached hydrogens (tertiary/aromatic N) is 2. The van der Waals surface area contributed by atoms with Crippen molar-refractivity contribution in [3.63, 3.8) is 0 Å². The molecule has 0 saturated carbocycles. The lowest BCUT2D eigenvalue weighted by molar-refractivity contribution is 0.553. The Kier molecular flexibility index (Phi) is 3.72. The van der Waals surface area contributed by atoms with E-state index in [0.29, 0.717) is 11.8 Å². The van der Waals surface area contributed by atoms with Crippen LogP contribution in [0.1, 0.15) is 77.5 Å². The van der Waals surface area contributed by atoms with Gasteiger partial charge in [0.05, 0.1) is 0 Å². The van der Waals surface area contributed by atoms with Gasteiger partial charge in [-0.2, -0.15) is 0 Å². The van der Waals surface area contributed by atoms with Gasteiger partial charge in [-0.05, 0) is 12.0 Å². The highest BCUT2D eigenvalue weighted by atomic mass is 14.9. The van der Waals surface area contributed by atoms with Gasteiger partial charge < -0.3 is 0 Å². The van der Waals surface area contributed by atoms with E-state index in [2.05, 4.69) is 64.5 Å². The zero-order chi connectivity index (χ0) is 12.5. The van der Waals surface area contributed by atoms with Gasteiger partial charge >= 0.3 is 0 Å². The second-order valence-corrected chi connectivity index (χ2v) is 6.10. The van der Waals surface area contributed by atoms with Crippen molar-refractivity contribution in [1.29, 1.82) is 0 Å². The van der Waals surface area contributed by atoms with Crippen LogP contribution in [0.25, 0.3) is 0 Å². The first-order chi connectivity index (χ1) is 7.21. The van der Waals surface area contributed by atoms with Crippen LogP contribution in [0, 0.1) is 0 Å². The van der Waals surface area contributed by atoms with Crippen molar-refractivity contribution in [2.24, 2.45) is 0 Å². The summed E-state index contributed by atoms with van der Waals surface area (Å²) in [6.45, 7) is 15.2. The Morgan fingerprint density at radius 2 is 1.50 bits per heavy atom. The molecule has 2 nitrogen and oxygen atoms in total. The van der Waals surface area contributed by atoms with Crippen molar-refractivity contribution >= 4 is 0 Å². The number of hydrogen-bond acceptors (Lipinski definition) is 2. The Hall–Kier alpha value is -0.920. The fraction of sp³-hybridized carbons (Fsp3) is 0.714. The van der Waals surface area contributed by atoms with E-state index in [1.54, 1.807) is 0 Å². The lowest BCUT2D eigenvalue weighted by Gasteiger charge is -2.21. The first-order valence-electron chi connectivity index (χ1n) is 6.11. The molecule has 90 valence electrons. The first-order valence-corrected chi connectivity index (χ1v) is 6.11. The Morgan fingerprint density at radius 1 is 0.938 bits per heavy atom. The van der Waals surface area contributed by atoms with Crippen LogP contribution < -0.4 is 0 Å². The quantitative estimate of drug-likeness (QED) is 0.752. The zero-order valence-electron chi connectivity index (χ0n) is 11.6. The molecule has 1 rings (SSSR count). The van der Waals surface area contributed by atoms with Gasteiger partial charge in [0.25, 0.3) is 0 Å². The summed E-state index contributed by atoms with van der Waals surface area (Å²) < 4.78 is 0. The molecule has 0 fully saturated rings. The Bertz CT molecular complexity index is 333. The third-order valence-electron chi connectivity index (χ3n) is 2.64. The monoisotopic (exact) mass is 220 g/mol. The largest absolute Gasteiger partial charge is 0.237 e. The van der Waals surface area contributed by atoms with Gasteiger partial charge in [0.15, 0.2) is 0 Å². The molecule has 0 spiro atoms. The maximum Gasteiger partial charge on any atom is 0.131 e. The van der Waals surface area contributed by atoms with E-state index < -0.39 is 0 Å². The maximum absolute atomic E-state index is 4.68. The molecular formula is C14H24N2. The second-order valence-electron chi connectivity index (χ2n) is 6.10. The lowest BCUT2D eigenvalue weighted by atomic mass is 9.90. The molecule has 0 amide bonds. The third kappa shape index (κ3) is 3.03. The first kappa shape index (κ1) is 13.1. The summed E-state index contributed by atoms with van der Waals surface area (Å²) in [5, 5.41) is 0. The molecule has 16 heavy (non-hydrogen) atoms. The topological polar surface area (TPSA) is 25.8 Å². The van der Waals surface area contributed by atoms with Crippen LogP contribution >= 0.6 is 0 Å². The molecule has 0 bridgehead atoms. The number of aromatic nitrogens is 2. The van der Waals surface area contributed by atoms with Crippen LogP contribution in [0.2, 0.25) is 0 Å². The van der Waals surface area contributed by atoms with E-state index in [1.165, 1.54) is 0 Å². The highest BCUT2D eigenvalue weighted by Crippen LogP contribution is 2.25. The van der Waals surface area contributed by atoms with Gasteiger partial charge in [0, 0.05) is 22.7 Å². The minimum Gasteiger partial charge on any atom is -0.237 e. The van der Waals surface area contributed by atoms with Crippen molar-refractivity contribution in [1.82, 2.24) is 9.97 Å². The summed E-state index contributed by atoms with van der Waals surface area (Å²) in [5.74, 6) is 1.82. The van der Waals surface area contributed by atoms with Crippen molar-refractivity contribution in [2.45, 2.75) is 65.7 Å². The van der Waals surface area contributed by atoms with E-state index in [-0.39, 0.29) is 5.41 Å². The van der Waals surface area contributed by atoms with Gasteiger partial charge in [-0.15, -0.1) is 0 Å². The standard InChI is InChI=1S/C14H24N2/c1-9(2)11-8-12(14(5,6)7)16-13(15-11)10(3)4/h8-10H,1-7H3. The number of rotatable bonds is 2. The molecule has 0 atom stereocenters. The molecule has 2 heteroatoms. The van der Waals surface area contributed by atoms with Crippen LogP contribution in [0.15, 0.2) is 6.07 Å². The Labute approximate surface area is 99.5 Å². The van der Waals surface area contributed by atoms with E-state index in [1.807, 2.05) is 0 Å². The highest BCUT2D eigenvalue weighted by molar-refractivity contribution is 5.21. The summed E-state index contributed by atoms with van der Waals surface area (Å²) in [6, 6.07) is 2.15. The smallest absolute Gasteiger partial charge is 0.131 e. The average Bonchev–Trinajstić information content (AvgIpc) is 2.15. The number of hydrogen-bond donors (Lipinski definition) is 0. The lowest BCUT2D eigenvalue weighted by Crippen LogP contribution is -2.17. The SMILES string of the molecule is CC(C)c1cc(C(C)(C)C)nc(C(C)C)n1. The average molecular weight is 220 g/mol. The fourth-order valence-corrected chi connectivity index (χ4v) is 1.42. The summed E-state index contributed by atoms with van der Waals surface area (Å²) in [5.41, 5.74) is 2.40. The second kappa shape index (κ2) is 4.52. The zero-order valence-corrected chi connectivity index (χ0v) is 11.6. The molecule has 0 unspecified atom stereocenters. The minimum atomic E-state index is 0.0935. The Morgan fingerprint density at radius 3 is 1.88 bits per heavy atom. The molecule has 1 heterocycles. The predicted molar refractivity (Wildman–Crippen MR) is 68.9 cm³/mol. The van der Waals surface area contributed by atoms with Crippen LogP contribution in [0.4, 0.5) is 0 Å². The van der Waals surface area contributed by atoms with Gasteiger partial charge in [-0.3, -0.25) is 0 Å². The molecule has 1 aromatic rings. The Balaban J connectivity index is 3.30. The van der Waals surface area contributed by atoms with Crippen LogP contribution in [0.3, 0.4) is 0 Å². The van der Waals surface area contributed by atoms with Crippen molar-refractivity contribution < 1.29 is 0 Å². The van der Waals surface area contributed by atoms with E-state index in [0.717, 1.165) is 17.2 Å². The van der Waals surface area contributed by atoms with Crippen molar-refractivity contribution in [3.05, 3.63) is 23.3 Å². The molecule has 0 N–H and O–H groups in total. The minimum absolute atomic E-state index is 0.0935. The molecule has 0 saturated heterocycles. The van der Waals surface area contributed by atoms with Crippen LogP contribution in [-0.2, 0) is 5.41 Å². The summed E-state index contributed by atoms with van der Waals surface area (Å²) in [6.07, 6.45) is 0. The van der Waals surface area contributed by atoms with Gasteiger partial charge in [0.2, 0.25) is 0 Å². The van der Waals surface area contributed by atoms with Crippen molar-refractivity contribution in [3.8, 4) is 0 Å². The van der Waals surface area contributed by atoms with Gasteiger partial charge in [-0.25, -0.2) is 9.97 Å². The van der Waals surface area contributed by atoms with E-state index in [4.69, 9.17) is 0 Å². The molecule has 0 aliphatic rings.